The van der Waals surface area contributed by atoms with Crippen LogP contribution in [0.15, 0.2) is 23.1 Å². The van der Waals surface area contributed by atoms with Crippen LogP contribution in [-0.2, 0) is 10.1 Å². The Hall–Kier alpha value is -0.600. The molecule has 0 amide bonds. The molecule has 0 fully saturated rings. The summed E-state index contributed by atoms with van der Waals surface area (Å²) in [5.41, 5.74) is 4.76. The molecule has 0 heterocycles. The fraction of sp³-hybridized carbons (Fsp3) is 0. The summed E-state index contributed by atoms with van der Waals surface area (Å²) in [6.45, 7) is 0. The van der Waals surface area contributed by atoms with Gasteiger partial charge in [0.25, 0.3) is 0 Å². The topological polar surface area (TPSA) is 121 Å². The van der Waals surface area contributed by atoms with Gasteiger partial charge in [0.2, 0.25) is 0 Å². The molecule has 0 aromatic heterocycles. The molecule has 76 valence electrons. The van der Waals surface area contributed by atoms with E-state index in [0.717, 1.165) is 18.2 Å². The Balaban J connectivity index is 0.00000196. The van der Waals surface area contributed by atoms with Crippen LogP contribution < -0.4 is 35.3 Å². The normalized spacial score (nSPS) is 10.5. The standard InChI is InChI=1S/C7H7NO5S.Na/c8-6-2-1-4(14(11,12)13)3-5(6)7(9)10;/h1-3H,8H2,(H,9,10)(H,11,12,13);/q;+1/p-1. The third-order valence-electron chi connectivity index (χ3n) is 1.54. The minimum atomic E-state index is -4.64. The fourth-order valence-electron chi connectivity index (χ4n) is 0.876. The Bertz CT molecular complexity index is 484. The van der Waals surface area contributed by atoms with Crippen molar-refractivity contribution in [3.05, 3.63) is 23.8 Å². The molecule has 1 rings (SSSR count). The first kappa shape index (κ1) is 14.4. The smallest absolute Gasteiger partial charge is 0.744 e. The second-order valence-corrected chi connectivity index (χ2v) is 3.89. The molecule has 0 aliphatic rings. The van der Waals surface area contributed by atoms with Crippen LogP contribution in [0.25, 0.3) is 0 Å². The van der Waals surface area contributed by atoms with E-state index < -0.39 is 26.5 Å². The second kappa shape index (κ2) is 4.95. The van der Waals surface area contributed by atoms with Crippen molar-refractivity contribution in [2.75, 3.05) is 5.73 Å². The van der Waals surface area contributed by atoms with Crippen LogP contribution >= 0.6 is 0 Å². The van der Waals surface area contributed by atoms with Gasteiger partial charge in [0.1, 0.15) is 10.1 Å². The molecule has 0 radical (unpaired) electrons. The van der Waals surface area contributed by atoms with Gasteiger partial charge in [0.15, 0.2) is 0 Å². The maximum atomic E-state index is 10.5. The van der Waals surface area contributed by atoms with E-state index in [9.17, 15) is 17.8 Å². The molecule has 0 saturated heterocycles. The molecule has 6 nitrogen and oxygen atoms in total. The summed E-state index contributed by atoms with van der Waals surface area (Å²) in [5, 5.41) is 8.58. The number of rotatable bonds is 2. The quantitative estimate of drug-likeness (QED) is 0.320. The first-order chi connectivity index (χ1) is 6.32. The molecule has 0 atom stereocenters. The number of anilines is 1. The van der Waals surface area contributed by atoms with Crippen molar-refractivity contribution in [1.29, 1.82) is 0 Å². The van der Waals surface area contributed by atoms with Crippen molar-refractivity contribution in [1.82, 2.24) is 0 Å². The largest absolute Gasteiger partial charge is 1.00 e. The maximum Gasteiger partial charge on any atom is 1.00 e. The first-order valence-electron chi connectivity index (χ1n) is 3.41. The van der Waals surface area contributed by atoms with Gasteiger partial charge in [0.05, 0.1) is 10.5 Å². The Morgan fingerprint density at radius 2 is 1.93 bits per heavy atom. The van der Waals surface area contributed by atoms with Gasteiger partial charge < -0.3 is 15.4 Å². The molecular weight excluding hydrogens is 233 g/mol. The van der Waals surface area contributed by atoms with Crippen molar-refractivity contribution in [3.8, 4) is 0 Å². The van der Waals surface area contributed by atoms with Crippen molar-refractivity contribution in [3.63, 3.8) is 0 Å². The van der Waals surface area contributed by atoms with E-state index in [0.29, 0.717) is 0 Å². The third-order valence-corrected chi connectivity index (χ3v) is 2.38. The van der Waals surface area contributed by atoms with Crippen LogP contribution in [0.3, 0.4) is 0 Å². The maximum absolute atomic E-state index is 10.5. The predicted octanol–water partition coefficient (Wildman–Crippen LogP) is -3.12. The number of hydrogen-bond acceptors (Lipinski definition) is 5. The Morgan fingerprint density at radius 1 is 1.40 bits per heavy atom. The van der Waals surface area contributed by atoms with E-state index in [2.05, 4.69) is 0 Å². The van der Waals surface area contributed by atoms with E-state index in [4.69, 9.17) is 10.8 Å². The summed E-state index contributed by atoms with van der Waals surface area (Å²) in [6.07, 6.45) is 0. The van der Waals surface area contributed by atoms with Crippen molar-refractivity contribution >= 4 is 21.8 Å². The number of aromatic carboxylic acids is 1. The molecule has 1 aromatic carbocycles. The van der Waals surface area contributed by atoms with Gasteiger partial charge in [0, 0.05) is 5.69 Å². The summed E-state index contributed by atoms with van der Waals surface area (Å²) >= 11 is 0. The summed E-state index contributed by atoms with van der Waals surface area (Å²) in [4.78, 5) is 9.92. The van der Waals surface area contributed by atoms with Crippen molar-refractivity contribution < 1.29 is 52.4 Å². The van der Waals surface area contributed by atoms with Gasteiger partial charge >= 0.3 is 35.5 Å². The fourth-order valence-corrected chi connectivity index (χ4v) is 1.37. The third kappa shape index (κ3) is 3.47. The number of carboxylic acids is 1. The number of nitrogen functional groups attached to an aromatic ring is 1. The summed E-state index contributed by atoms with van der Waals surface area (Å²) in [6, 6.07) is 2.76. The van der Waals surface area contributed by atoms with Crippen LogP contribution in [0.2, 0.25) is 0 Å². The molecule has 0 saturated carbocycles. The first-order valence-corrected chi connectivity index (χ1v) is 4.82. The number of hydrogen-bond donors (Lipinski definition) is 2. The predicted molar refractivity (Wildman–Crippen MR) is 45.8 cm³/mol. The van der Waals surface area contributed by atoms with E-state index in [1.165, 1.54) is 0 Å². The van der Waals surface area contributed by atoms with Crippen LogP contribution in [0, 0.1) is 0 Å². The summed E-state index contributed by atoms with van der Waals surface area (Å²) in [5.74, 6) is -1.38. The molecule has 0 spiro atoms. The van der Waals surface area contributed by atoms with Crippen LogP contribution in [-0.4, -0.2) is 24.0 Å². The summed E-state index contributed by atoms with van der Waals surface area (Å²) in [7, 11) is -4.64. The van der Waals surface area contributed by atoms with Gasteiger partial charge in [-0.05, 0) is 18.2 Å². The molecule has 8 heteroatoms. The number of benzene rings is 1. The van der Waals surface area contributed by atoms with E-state index in [1.807, 2.05) is 0 Å². The number of nitrogens with two attached hydrogens (primary N) is 1. The molecule has 15 heavy (non-hydrogen) atoms. The molecular formula is C7H6NNaO5S. The van der Waals surface area contributed by atoms with Crippen LogP contribution in [0.1, 0.15) is 10.4 Å². The molecule has 1 aromatic rings. The molecule has 0 unspecified atom stereocenters. The van der Waals surface area contributed by atoms with Gasteiger partial charge in [-0.15, -0.1) is 0 Å². The zero-order valence-electron chi connectivity index (χ0n) is 7.80. The number of carboxylic acid groups (broad SMARTS) is 1. The van der Waals surface area contributed by atoms with Gasteiger partial charge in [-0.1, -0.05) is 0 Å². The molecule has 0 aliphatic carbocycles. The van der Waals surface area contributed by atoms with Crippen LogP contribution in [0.5, 0.6) is 0 Å². The molecule has 0 aliphatic heterocycles. The monoisotopic (exact) mass is 239 g/mol. The van der Waals surface area contributed by atoms with E-state index in [1.54, 1.807) is 0 Å². The minimum absolute atomic E-state index is 0. The van der Waals surface area contributed by atoms with Crippen molar-refractivity contribution in [2.45, 2.75) is 4.90 Å². The van der Waals surface area contributed by atoms with Gasteiger partial charge in [-0.3, -0.25) is 0 Å². The summed E-state index contributed by atoms with van der Waals surface area (Å²) < 4.78 is 31.6. The zero-order chi connectivity index (χ0) is 10.9. The average molecular weight is 239 g/mol. The van der Waals surface area contributed by atoms with E-state index >= 15 is 0 Å². The second-order valence-electron chi connectivity index (χ2n) is 2.51. The Kier molecular flexibility index (Phi) is 4.75. The van der Waals surface area contributed by atoms with Crippen molar-refractivity contribution in [2.24, 2.45) is 0 Å². The molecule has 3 N–H and O–H groups in total. The minimum Gasteiger partial charge on any atom is -0.744 e. The average Bonchev–Trinajstić information content (AvgIpc) is 2.02. The SMILES string of the molecule is Nc1ccc(S(=O)(=O)[O-])cc1C(=O)O.[Na+]. The van der Waals surface area contributed by atoms with Gasteiger partial charge in [-0.25, -0.2) is 13.2 Å². The van der Waals surface area contributed by atoms with Crippen LogP contribution in [0.4, 0.5) is 5.69 Å². The number of carbonyl (C=O) groups is 1. The van der Waals surface area contributed by atoms with Gasteiger partial charge in [-0.2, -0.15) is 0 Å². The zero-order valence-corrected chi connectivity index (χ0v) is 10.6. The Morgan fingerprint density at radius 3 is 2.33 bits per heavy atom. The Labute approximate surface area is 108 Å². The molecule has 0 bridgehead atoms. The van der Waals surface area contributed by atoms with E-state index in [-0.39, 0.29) is 35.2 Å².